The lowest BCUT2D eigenvalue weighted by Gasteiger charge is -2.32. The maximum absolute atomic E-state index is 10.7. The van der Waals surface area contributed by atoms with Gasteiger partial charge in [0.1, 0.15) is 18.8 Å². The van der Waals surface area contributed by atoms with Gasteiger partial charge in [0, 0.05) is 12.8 Å². The number of hydrogen-bond donors (Lipinski definition) is 3. The maximum Gasteiger partial charge on any atom is 0.126 e. The molecule has 3 atom stereocenters. The van der Waals surface area contributed by atoms with Crippen LogP contribution >= 0.6 is 0 Å². The number of aliphatic hydroxyl groups is 1. The van der Waals surface area contributed by atoms with Gasteiger partial charge in [-0.25, -0.2) is 0 Å². The van der Waals surface area contributed by atoms with Crippen molar-refractivity contribution in [3.8, 4) is 0 Å². The van der Waals surface area contributed by atoms with Gasteiger partial charge in [-0.2, -0.15) is 0 Å². The van der Waals surface area contributed by atoms with E-state index in [9.17, 15) is 5.11 Å². The summed E-state index contributed by atoms with van der Waals surface area (Å²) in [6, 6.07) is 19.3. The van der Waals surface area contributed by atoms with Crippen molar-refractivity contribution in [2.45, 2.75) is 38.0 Å². The highest BCUT2D eigenvalue weighted by molar-refractivity contribution is 5.35. The van der Waals surface area contributed by atoms with E-state index in [0.29, 0.717) is 12.6 Å². The lowest BCUT2D eigenvalue weighted by molar-refractivity contribution is -0.941. The lowest BCUT2D eigenvalue weighted by Crippen LogP contribution is -3.18. The van der Waals surface area contributed by atoms with Crippen LogP contribution in [0.1, 0.15) is 35.6 Å². The molecule has 0 saturated carbocycles. The number of hydrogen-bond acceptors (Lipinski definition) is 2. The van der Waals surface area contributed by atoms with Crippen molar-refractivity contribution in [3.05, 3.63) is 71.3 Å². The van der Waals surface area contributed by atoms with E-state index in [0.717, 1.165) is 12.1 Å². The summed E-state index contributed by atoms with van der Waals surface area (Å²) in [5.74, 6) is 0. The Kier molecular flexibility index (Phi) is 7.63. The first kappa shape index (κ1) is 21.0. The fourth-order valence-corrected chi connectivity index (χ4v) is 4.28. The third-order valence-electron chi connectivity index (χ3n) is 6.12. The van der Waals surface area contributed by atoms with Gasteiger partial charge < -0.3 is 19.6 Å². The fraction of sp³-hybridized carbons (Fsp3) is 0.500. The van der Waals surface area contributed by atoms with Gasteiger partial charge in [0.25, 0.3) is 0 Å². The Morgan fingerprint density at radius 1 is 1.07 bits per heavy atom. The van der Waals surface area contributed by atoms with E-state index in [4.69, 9.17) is 4.74 Å². The average molecular weight is 385 g/mol. The molecule has 2 aromatic carbocycles. The molecule has 0 aromatic heterocycles. The zero-order chi connectivity index (χ0) is 19.9. The number of benzene rings is 2. The highest BCUT2D eigenvalue weighted by Gasteiger charge is 2.28. The van der Waals surface area contributed by atoms with Crippen LogP contribution in [0.3, 0.4) is 0 Å². The Balaban J connectivity index is 1.61. The third kappa shape index (κ3) is 5.65. The minimum Gasteiger partial charge on any atom is -0.385 e. The van der Waals surface area contributed by atoms with E-state index in [1.54, 1.807) is 4.90 Å². The number of piperidine rings is 1. The number of nitrogens with one attached hydrogen (secondary N) is 2. The molecule has 4 nitrogen and oxygen atoms in total. The van der Waals surface area contributed by atoms with Crippen LogP contribution in [-0.4, -0.2) is 57.6 Å². The van der Waals surface area contributed by atoms with Gasteiger partial charge in [-0.05, 0) is 23.6 Å². The first-order valence-electron chi connectivity index (χ1n) is 10.6. The monoisotopic (exact) mass is 384 g/mol. The molecule has 2 aromatic rings. The molecule has 1 aliphatic rings. The summed E-state index contributed by atoms with van der Waals surface area (Å²) in [6.45, 7) is 5.67. The Labute approximate surface area is 169 Å². The minimum absolute atomic E-state index is 0.149. The van der Waals surface area contributed by atoms with Gasteiger partial charge in [0.05, 0.1) is 39.8 Å². The summed E-state index contributed by atoms with van der Waals surface area (Å²) < 4.78 is 6.29. The van der Waals surface area contributed by atoms with E-state index in [2.05, 4.69) is 57.4 Å². The van der Waals surface area contributed by atoms with Crippen molar-refractivity contribution in [2.75, 3.05) is 40.3 Å². The molecule has 1 fully saturated rings. The molecule has 0 radical (unpaired) electrons. The molecule has 3 rings (SSSR count). The Morgan fingerprint density at radius 3 is 2.39 bits per heavy atom. The lowest BCUT2D eigenvalue weighted by atomic mass is 9.97. The number of likely N-dealkylation sites (N-methyl/N-ethyl adjacent to an activating group) is 1. The number of aryl methyl sites for hydroxylation is 1. The van der Waals surface area contributed by atoms with E-state index in [1.807, 2.05) is 18.2 Å². The van der Waals surface area contributed by atoms with Gasteiger partial charge in [0.15, 0.2) is 0 Å². The van der Waals surface area contributed by atoms with E-state index in [-0.39, 0.29) is 6.10 Å². The number of aliphatic hydroxyl groups excluding tert-OH is 1. The van der Waals surface area contributed by atoms with Crippen molar-refractivity contribution >= 4 is 0 Å². The largest absolute Gasteiger partial charge is 0.385 e. The van der Waals surface area contributed by atoms with Crippen molar-refractivity contribution in [3.63, 3.8) is 0 Å². The van der Waals surface area contributed by atoms with Crippen molar-refractivity contribution in [2.24, 2.45) is 0 Å². The highest BCUT2D eigenvalue weighted by Crippen LogP contribution is 2.28. The molecule has 4 heteroatoms. The molecular formula is C24H36N2O2+2. The molecule has 28 heavy (non-hydrogen) atoms. The standard InChI is InChI=1S/C24H34N2O2/c1-19-9-7-8-12-23(19)24(20-10-5-4-6-11-20)28-18-22(27)17-26(3)21-13-15-25(2)16-14-21/h4-12,21-22,24,27H,13-18H2,1-3H3/p+2/t22-,24+/m0/s1. The van der Waals surface area contributed by atoms with E-state index >= 15 is 0 Å². The van der Waals surface area contributed by atoms with Crippen LogP contribution in [0.2, 0.25) is 0 Å². The Bertz CT molecular complexity index is 714. The number of quaternary nitrogens is 2. The second kappa shape index (κ2) is 10.2. The second-order valence-corrected chi connectivity index (χ2v) is 8.42. The van der Waals surface area contributed by atoms with Crippen LogP contribution < -0.4 is 9.80 Å². The summed E-state index contributed by atoms with van der Waals surface area (Å²) >= 11 is 0. The topological polar surface area (TPSA) is 38.3 Å². The summed E-state index contributed by atoms with van der Waals surface area (Å²) in [6.07, 6.45) is 1.87. The molecule has 1 unspecified atom stereocenters. The van der Waals surface area contributed by atoms with Crippen LogP contribution in [0.15, 0.2) is 54.6 Å². The van der Waals surface area contributed by atoms with Crippen molar-refractivity contribution in [1.29, 1.82) is 0 Å². The van der Waals surface area contributed by atoms with Gasteiger partial charge in [-0.3, -0.25) is 0 Å². The quantitative estimate of drug-likeness (QED) is 0.625. The molecule has 3 N–H and O–H groups in total. The zero-order valence-corrected chi connectivity index (χ0v) is 17.5. The van der Waals surface area contributed by atoms with Crippen LogP contribution in [-0.2, 0) is 4.74 Å². The summed E-state index contributed by atoms with van der Waals surface area (Å²) in [5.41, 5.74) is 3.50. The van der Waals surface area contributed by atoms with Gasteiger partial charge in [0.2, 0.25) is 0 Å². The Hall–Kier alpha value is -1.72. The molecule has 1 aliphatic heterocycles. The molecule has 0 spiro atoms. The van der Waals surface area contributed by atoms with Crippen LogP contribution in [0.25, 0.3) is 0 Å². The molecule has 0 aliphatic carbocycles. The highest BCUT2D eigenvalue weighted by atomic mass is 16.5. The molecule has 152 valence electrons. The predicted molar refractivity (Wildman–Crippen MR) is 113 cm³/mol. The fourth-order valence-electron chi connectivity index (χ4n) is 4.28. The van der Waals surface area contributed by atoms with Gasteiger partial charge in [-0.1, -0.05) is 54.6 Å². The summed E-state index contributed by atoms with van der Waals surface area (Å²) in [7, 11) is 4.48. The molecule has 1 heterocycles. The summed E-state index contributed by atoms with van der Waals surface area (Å²) in [5, 5.41) is 10.7. The van der Waals surface area contributed by atoms with Crippen LogP contribution in [0.4, 0.5) is 0 Å². The predicted octanol–water partition coefficient (Wildman–Crippen LogP) is 0.654. The smallest absolute Gasteiger partial charge is 0.126 e. The first-order valence-corrected chi connectivity index (χ1v) is 10.6. The minimum atomic E-state index is -0.456. The average Bonchev–Trinajstić information content (AvgIpc) is 2.70. The van der Waals surface area contributed by atoms with Gasteiger partial charge in [-0.15, -0.1) is 0 Å². The van der Waals surface area contributed by atoms with Crippen LogP contribution in [0, 0.1) is 6.92 Å². The van der Waals surface area contributed by atoms with Crippen molar-refractivity contribution in [1.82, 2.24) is 0 Å². The van der Waals surface area contributed by atoms with Crippen molar-refractivity contribution < 1.29 is 19.6 Å². The third-order valence-corrected chi connectivity index (χ3v) is 6.12. The molecular weight excluding hydrogens is 348 g/mol. The summed E-state index contributed by atoms with van der Waals surface area (Å²) in [4.78, 5) is 3.05. The molecule has 1 saturated heterocycles. The zero-order valence-electron chi connectivity index (χ0n) is 17.5. The van der Waals surface area contributed by atoms with E-state index < -0.39 is 6.10 Å². The van der Waals surface area contributed by atoms with E-state index in [1.165, 1.54) is 42.0 Å². The molecule has 0 bridgehead atoms. The number of rotatable bonds is 8. The van der Waals surface area contributed by atoms with Crippen LogP contribution in [0.5, 0.6) is 0 Å². The second-order valence-electron chi connectivity index (χ2n) is 8.42. The number of ether oxygens (including phenoxy) is 1. The molecule has 0 amide bonds. The first-order chi connectivity index (χ1) is 13.5. The maximum atomic E-state index is 10.7. The SMILES string of the molecule is Cc1ccccc1[C@H](OC[C@@H](O)C[NH+](C)C1CC[NH+](C)CC1)c1ccccc1. The Morgan fingerprint density at radius 2 is 1.71 bits per heavy atom. The number of likely N-dealkylation sites (tertiary alicyclic amines) is 1. The normalized spacial score (nSPS) is 23.1. The van der Waals surface area contributed by atoms with Gasteiger partial charge >= 0.3 is 0 Å².